The Kier molecular flexibility index (Phi) is 6.58. The summed E-state index contributed by atoms with van der Waals surface area (Å²) in [5.41, 5.74) is 4.83. The Morgan fingerprint density at radius 2 is 1.77 bits per heavy atom. The quantitative estimate of drug-likeness (QED) is 0.581. The van der Waals surface area contributed by atoms with E-state index in [1.165, 1.54) is 28.9 Å². The highest BCUT2D eigenvalue weighted by molar-refractivity contribution is 5.55. The average Bonchev–Trinajstić information content (AvgIpc) is 3.24. The van der Waals surface area contributed by atoms with Crippen molar-refractivity contribution in [3.63, 3.8) is 0 Å². The Bertz CT molecular complexity index is 998. The van der Waals surface area contributed by atoms with Gasteiger partial charge in [-0.3, -0.25) is 4.90 Å². The van der Waals surface area contributed by atoms with Crippen LogP contribution >= 0.6 is 0 Å². The number of rotatable bonds is 7. The summed E-state index contributed by atoms with van der Waals surface area (Å²) in [7, 11) is 1.66. The molecule has 1 atom stereocenters. The highest BCUT2D eigenvalue weighted by Crippen LogP contribution is 2.30. The Morgan fingerprint density at radius 3 is 2.48 bits per heavy atom. The Balaban J connectivity index is 1.59. The smallest absolute Gasteiger partial charge is 0.173 e. The Hall–Kier alpha value is -2.84. The number of aromatic nitrogens is 4. The molecule has 31 heavy (non-hydrogen) atoms. The van der Waals surface area contributed by atoms with Crippen LogP contribution in [-0.2, 0) is 11.3 Å². The van der Waals surface area contributed by atoms with Crippen LogP contribution in [0.5, 0.6) is 0 Å². The molecule has 0 spiro atoms. The third-order valence-electron chi connectivity index (χ3n) is 5.88. The summed E-state index contributed by atoms with van der Waals surface area (Å²) in [5.74, 6) is 0.505. The van der Waals surface area contributed by atoms with Crippen molar-refractivity contribution in [1.29, 1.82) is 0 Å². The minimum absolute atomic E-state index is 0.145. The van der Waals surface area contributed by atoms with E-state index in [0.717, 1.165) is 37.6 Å². The van der Waals surface area contributed by atoms with Gasteiger partial charge >= 0.3 is 0 Å². The fourth-order valence-electron chi connectivity index (χ4n) is 4.19. The average molecular weight is 425 g/mol. The highest BCUT2D eigenvalue weighted by Gasteiger charge is 2.31. The molecular formula is C23H29FN6O. The Labute approximate surface area is 182 Å². The van der Waals surface area contributed by atoms with Crippen molar-refractivity contribution < 1.29 is 9.13 Å². The van der Waals surface area contributed by atoms with Crippen LogP contribution in [0.3, 0.4) is 0 Å². The predicted molar refractivity (Wildman–Crippen MR) is 118 cm³/mol. The van der Waals surface area contributed by atoms with Crippen molar-refractivity contribution >= 4 is 5.69 Å². The lowest BCUT2D eigenvalue weighted by Gasteiger charge is -2.40. The molecule has 0 unspecified atom stereocenters. The van der Waals surface area contributed by atoms with Crippen LogP contribution in [0.1, 0.15) is 28.6 Å². The van der Waals surface area contributed by atoms with E-state index in [1.807, 2.05) is 12.1 Å². The maximum atomic E-state index is 13.6. The van der Waals surface area contributed by atoms with Gasteiger partial charge in [-0.15, -0.1) is 5.10 Å². The van der Waals surface area contributed by atoms with E-state index >= 15 is 0 Å². The summed E-state index contributed by atoms with van der Waals surface area (Å²) in [4.78, 5) is 4.82. The van der Waals surface area contributed by atoms with Gasteiger partial charge in [0.15, 0.2) is 5.82 Å². The number of halogens is 1. The zero-order chi connectivity index (χ0) is 21.8. The molecule has 0 radical (unpaired) electrons. The number of piperazine rings is 1. The summed E-state index contributed by atoms with van der Waals surface area (Å²) in [6.07, 6.45) is 0. The normalized spacial score (nSPS) is 15.9. The first kappa shape index (κ1) is 21.4. The van der Waals surface area contributed by atoms with Gasteiger partial charge < -0.3 is 9.64 Å². The monoisotopic (exact) mass is 424 g/mol. The summed E-state index contributed by atoms with van der Waals surface area (Å²) in [5, 5.41) is 12.4. The first-order valence-corrected chi connectivity index (χ1v) is 10.6. The van der Waals surface area contributed by atoms with E-state index in [4.69, 9.17) is 4.74 Å². The van der Waals surface area contributed by atoms with Gasteiger partial charge in [0, 0.05) is 39.0 Å². The maximum absolute atomic E-state index is 13.6. The first-order valence-electron chi connectivity index (χ1n) is 10.6. The number of nitrogens with zero attached hydrogens (tertiary/aromatic N) is 6. The SMILES string of the molecule is COCCn1nnnc1[C@H](c1ccc(F)cc1)N1CCN(c2cc(C)ccc2C)CC1. The molecular weight excluding hydrogens is 395 g/mol. The van der Waals surface area contributed by atoms with E-state index in [9.17, 15) is 4.39 Å². The highest BCUT2D eigenvalue weighted by atomic mass is 19.1. The minimum Gasteiger partial charge on any atom is -0.383 e. The number of ether oxygens (including phenoxy) is 1. The van der Waals surface area contributed by atoms with E-state index in [0.29, 0.717) is 13.2 Å². The molecule has 0 N–H and O–H groups in total. The van der Waals surface area contributed by atoms with Gasteiger partial charge in [-0.05, 0) is 59.2 Å². The van der Waals surface area contributed by atoms with Crippen molar-refractivity contribution in [2.45, 2.75) is 26.4 Å². The molecule has 7 nitrogen and oxygen atoms in total. The van der Waals surface area contributed by atoms with Crippen LogP contribution in [0.4, 0.5) is 10.1 Å². The first-order chi connectivity index (χ1) is 15.1. The number of hydrogen-bond acceptors (Lipinski definition) is 6. The van der Waals surface area contributed by atoms with Crippen LogP contribution < -0.4 is 4.90 Å². The lowest BCUT2D eigenvalue weighted by Crippen LogP contribution is -2.48. The molecule has 1 aliphatic rings. The second-order valence-electron chi connectivity index (χ2n) is 8.02. The summed E-state index contributed by atoms with van der Waals surface area (Å²) in [6, 6.07) is 13.1. The lowest BCUT2D eigenvalue weighted by molar-refractivity contribution is 0.171. The summed E-state index contributed by atoms with van der Waals surface area (Å²) >= 11 is 0. The second-order valence-corrected chi connectivity index (χ2v) is 8.02. The topological polar surface area (TPSA) is 59.3 Å². The molecule has 3 aromatic rings. The summed E-state index contributed by atoms with van der Waals surface area (Å²) in [6.45, 7) is 8.89. The fourth-order valence-corrected chi connectivity index (χ4v) is 4.19. The lowest BCUT2D eigenvalue weighted by atomic mass is 10.0. The van der Waals surface area contributed by atoms with Crippen molar-refractivity contribution in [2.75, 3.05) is 44.8 Å². The zero-order valence-electron chi connectivity index (χ0n) is 18.3. The number of methoxy groups -OCH3 is 1. The van der Waals surface area contributed by atoms with Crippen molar-refractivity contribution in [3.8, 4) is 0 Å². The van der Waals surface area contributed by atoms with E-state index < -0.39 is 0 Å². The van der Waals surface area contributed by atoms with Gasteiger partial charge in [0.25, 0.3) is 0 Å². The van der Waals surface area contributed by atoms with E-state index in [2.05, 4.69) is 57.4 Å². The van der Waals surface area contributed by atoms with Gasteiger partial charge in [-0.1, -0.05) is 24.3 Å². The minimum atomic E-state index is -0.249. The molecule has 1 aromatic heterocycles. The number of benzene rings is 2. The van der Waals surface area contributed by atoms with Gasteiger partial charge in [0.2, 0.25) is 0 Å². The van der Waals surface area contributed by atoms with Crippen LogP contribution in [-0.4, -0.2) is 65.0 Å². The van der Waals surface area contributed by atoms with Crippen molar-refractivity contribution in [3.05, 3.63) is 70.8 Å². The van der Waals surface area contributed by atoms with Crippen LogP contribution in [0, 0.1) is 19.7 Å². The fraction of sp³-hybridized carbons (Fsp3) is 0.435. The molecule has 1 fully saturated rings. The van der Waals surface area contributed by atoms with Gasteiger partial charge in [-0.25, -0.2) is 9.07 Å². The molecule has 2 aromatic carbocycles. The van der Waals surface area contributed by atoms with E-state index in [-0.39, 0.29) is 11.9 Å². The predicted octanol–water partition coefficient (Wildman–Crippen LogP) is 2.99. The molecule has 4 rings (SSSR count). The number of tetrazole rings is 1. The number of aryl methyl sites for hydroxylation is 2. The second kappa shape index (κ2) is 9.53. The molecule has 2 heterocycles. The molecule has 0 bridgehead atoms. The molecule has 164 valence electrons. The molecule has 0 aliphatic carbocycles. The van der Waals surface area contributed by atoms with Crippen molar-refractivity contribution in [1.82, 2.24) is 25.1 Å². The molecule has 1 saturated heterocycles. The van der Waals surface area contributed by atoms with Crippen LogP contribution in [0.2, 0.25) is 0 Å². The third-order valence-corrected chi connectivity index (χ3v) is 5.88. The Morgan fingerprint density at radius 1 is 1.03 bits per heavy atom. The van der Waals surface area contributed by atoms with Gasteiger partial charge in [0.1, 0.15) is 5.82 Å². The third kappa shape index (κ3) is 4.75. The van der Waals surface area contributed by atoms with Crippen LogP contribution in [0.15, 0.2) is 42.5 Å². The van der Waals surface area contributed by atoms with Crippen molar-refractivity contribution in [2.24, 2.45) is 0 Å². The standard InChI is InChI=1S/C23H29FN6O/c1-17-4-5-18(2)21(16-17)28-10-12-29(13-11-28)22(19-6-8-20(24)9-7-19)23-25-26-27-30(23)14-15-31-3/h4-9,16,22H,10-15H2,1-3H3/t22-/m0/s1. The van der Waals surface area contributed by atoms with Crippen LogP contribution in [0.25, 0.3) is 0 Å². The number of hydrogen-bond donors (Lipinski definition) is 0. The molecule has 0 amide bonds. The maximum Gasteiger partial charge on any atom is 0.173 e. The largest absolute Gasteiger partial charge is 0.383 e. The number of anilines is 1. The molecule has 0 saturated carbocycles. The molecule has 1 aliphatic heterocycles. The van der Waals surface area contributed by atoms with Gasteiger partial charge in [-0.2, -0.15) is 0 Å². The summed E-state index contributed by atoms with van der Waals surface area (Å²) < 4.78 is 20.6. The van der Waals surface area contributed by atoms with E-state index in [1.54, 1.807) is 11.8 Å². The van der Waals surface area contributed by atoms with Gasteiger partial charge in [0.05, 0.1) is 19.2 Å². The molecule has 8 heteroatoms. The zero-order valence-corrected chi connectivity index (χ0v) is 18.3.